The predicted octanol–water partition coefficient (Wildman–Crippen LogP) is 5.12. The van der Waals surface area contributed by atoms with Crippen LogP contribution in [0, 0.1) is 16.0 Å². The van der Waals surface area contributed by atoms with Crippen LogP contribution in [0.25, 0.3) is 0 Å². The lowest BCUT2D eigenvalue weighted by molar-refractivity contribution is -0.389. The number of halogens is 3. The van der Waals surface area contributed by atoms with Crippen molar-refractivity contribution in [3.8, 4) is 17.6 Å². The van der Waals surface area contributed by atoms with E-state index in [0.717, 1.165) is 50.3 Å². The van der Waals surface area contributed by atoms with Crippen LogP contribution in [0.1, 0.15) is 31.2 Å². The summed E-state index contributed by atoms with van der Waals surface area (Å²) in [6.07, 6.45) is 1.00. The summed E-state index contributed by atoms with van der Waals surface area (Å²) in [6.45, 7) is 3.11. The Morgan fingerprint density at radius 1 is 1.05 bits per heavy atom. The van der Waals surface area contributed by atoms with Crippen molar-refractivity contribution < 1.29 is 32.3 Å². The zero-order valence-corrected chi connectivity index (χ0v) is 21.0. The number of piperidine rings is 1. The Hall–Kier alpha value is -4.03. The number of aryl methyl sites for hydroxylation is 1. The molecule has 2 aliphatic heterocycles. The van der Waals surface area contributed by atoms with Crippen LogP contribution < -0.4 is 19.1 Å². The van der Waals surface area contributed by atoms with E-state index in [1.165, 1.54) is 12.3 Å². The van der Waals surface area contributed by atoms with Crippen molar-refractivity contribution in [2.45, 2.75) is 44.5 Å². The predicted molar refractivity (Wildman–Crippen MR) is 134 cm³/mol. The minimum Gasteiger partial charge on any atom is -0.490 e. The molecule has 1 atom stereocenters. The van der Waals surface area contributed by atoms with Crippen molar-refractivity contribution in [3.63, 3.8) is 0 Å². The SMILES string of the molecule is O=[N+]([O-])c1cn2c(n1)OC(COc1ccc(N3CCC(CCOc4ccc(C(F)(F)F)cn4)CC3)cc1)CC2. The molecule has 1 aromatic carbocycles. The van der Waals surface area contributed by atoms with Gasteiger partial charge in [0.2, 0.25) is 5.88 Å². The first-order valence-corrected chi connectivity index (χ1v) is 12.8. The number of alkyl halides is 3. The minimum atomic E-state index is -4.41. The Morgan fingerprint density at radius 3 is 2.49 bits per heavy atom. The summed E-state index contributed by atoms with van der Waals surface area (Å²) in [5.74, 6) is 1.17. The van der Waals surface area contributed by atoms with Gasteiger partial charge in [-0.15, -0.1) is 0 Å². The van der Waals surface area contributed by atoms with Crippen LogP contribution in [0.15, 0.2) is 48.8 Å². The zero-order valence-electron chi connectivity index (χ0n) is 21.0. The summed E-state index contributed by atoms with van der Waals surface area (Å²) in [6, 6.07) is 10.3. The Balaban J connectivity index is 1.02. The highest BCUT2D eigenvalue weighted by Crippen LogP contribution is 2.30. The summed E-state index contributed by atoms with van der Waals surface area (Å²) in [4.78, 5) is 20.3. The molecule has 1 fully saturated rings. The van der Waals surface area contributed by atoms with E-state index in [1.807, 2.05) is 24.3 Å². The number of fused-ring (bicyclic) bond motifs is 1. The van der Waals surface area contributed by atoms with Gasteiger partial charge in [-0.05, 0) is 60.4 Å². The number of aromatic nitrogens is 3. The minimum absolute atomic E-state index is 0.202. The van der Waals surface area contributed by atoms with E-state index < -0.39 is 16.7 Å². The Labute approximate surface area is 222 Å². The Bertz CT molecular complexity index is 1260. The number of anilines is 1. The summed E-state index contributed by atoms with van der Waals surface area (Å²) in [5, 5.41) is 10.9. The average molecular weight is 548 g/mol. The van der Waals surface area contributed by atoms with Crippen LogP contribution in [0.2, 0.25) is 0 Å². The highest BCUT2D eigenvalue weighted by Gasteiger charge is 2.31. The third kappa shape index (κ3) is 6.70. The lowest BCUT2D eigenvalue weighted by Crippen LogP contribution is -2.34. The van der Waals surface area contributed by atoms with Crippen molar-refractivity contribution >= 4 is 11.5 Å². The molecule has 0 N–H and O–H groups in total. The number of hydrogen-bond acceptors (Lipinski definition) is 8. The van der Waals surface area contributed by atoms with Crippen LogP contribution in [0.4, 0.5) is 24.7 Å². The first-order valence-electron chi connectivity index (χ1n) is 12.8. The molecular weight excluding hydrogens is 519 g/mol. The van der Waals surface area contributed by atoms with E-state index in [-0.39, 0.29) is 23.8 Å². The third-order valence-electron chi connectivity index (χ3n) is 6.97. The van der Waals surface area contributed by atoms with Gasteiger partial charge in [0.1, 0.15) is 24.7 Å². The van der Waals surface area contributed by atoms with E-state index in [0.29, 0.717) is 37.8 Å². The molecule has 208 valence electrons. The molecule has 0 radical (unpaired) electrons. The number of nitrogens with zero attached hydrogens (tertiary/aromatic N) is 5. The first-order chi connectivity index (χ1) is 18.7. The molecule has 0 aliphatic carbocycles. The van der Waals surface area contributed by atoms with E-state index >= 15 is 0 Å². The smallest absolute Gasteiger partial charge is 0.417 e. The Morgan fingerprint density at radius 2 is 1.82 bits per heavy atom. The second-order valence-electron chi connectivity index (χ2n) is 9.62. The molecule has 4 heterocycles. The highest BCUT2D eigenvalue weighted by molar-refractivity contribution is 5.49. The maximum atomic E-state index is 12.6. The van der Waals surface area contributed by atoms with Crippen LogP contribution >= 0.6 is 0 Å². The molecule has 13 heteroatoms. The average Bonchev–Trinajstić information content (AvgIpc) is 3.37. The maximum Gasteiger partial charge on any atom is 0.417 e. The standard InChI is InChI=1S/C26H28F3N5O5/c27-26(28,29)19-1-6-24(30-15-19)37-14-10-18-7-11-32(12-8-18)20-2-4-21(5-3-20)38-17-22-9-13-33-16-23(34(35)36)31-25(33)39-22/h1-6,15-16,18,22H,7-14,17H2. The zero-order chi connectivity index (χ0) is 27.4. The van der Waals surface area contributed by atoms with Crippen LogP contribution in [0.5, 0.6) is 17.6 Å². The normalized spacial score (nSPS) is 17.8. The molecule has 2 aliphatic rings. The van der Waals surface area contributed by atoms with Crippen molar-refractivity contribution in [3.05, 3.63) is 64.5 Å². The monoisotopic (exact) mass is 547 g/mol. The largest absolute Gasteiger partial charge is 0.490 e. The van der Waals surface area contributed by atoms with Crippen molar-refractivity contribution in [2.75, 3.05) is 31.2 Å². The molecular formula is C26H28F3N5O5. The molecule has 1 unspecified atom stereocenters. The summed E-state index contributed by atoms with van der Waals surface area (Å²) >= 11 is 0. The summed E-state index contributed by atoms with van der Waals surface area (Å²) in [7, 11) is 0. The number of ether oxygens (including phenoxy) is 3. The fraction of sp³-hybridized carbons (Fsp3) is 0.462. The second-order valence-corrected chi connectivity index (χ2v) is 9.62. The van der Waals surface area contributed by atoms with Crippen LogP contribution in [0.3, 0.4) is 0 Å². The number of imidazole rings is 1. The number of nitro groups is 1. The number of benzene rings is 1. The third-order valence-corrected chi connectivity index (χ3v) is 6.97. The van der Waals surface area contributed by atoms with Gasteiger partial charge in [-0.1, -0.05) is 0 Å². The van der Waals surface area contributed by atoms with Gasteiger partial charge in [-0.3, -0.25) is 4.57 Å². The van der Waals surface area contributed by atoms with Crippen molar-refractivity contribution in [1.82, 2.24) is 14.5 Å². The van der Waals surface area contributed by atoms with Crippen molar-refractivity contribution in [1.29, 1.82) is 0 Å². The molecule has 5 rings (SSSR count). The van der Waals surface area contributed by atoms with Crippen LogP contribution in [-0.2, 0) is 12.7 Å². The maximum absolute atomic E-state index is 12.6. The number of pyridine rings is 1. The van der Waals surface area contributed by atoms with Gasteiger partial charge in [0.05, 0.1) is 12.2 Å². The van der Waals surface area contributed by atoms with Gasteiger partial charge in [-0.2, -0.15) is 13.2 Å². The topological polar surface area (TPSA) is 105 Å². The highest BCUT2D eigenvalue weighted by atomic mass is 19.4. The molecule has 0 saturated carbocycles. The van der Waals surface area contributed by atoms with E-state index in [4.69, 9.17) is 14.2 Å². The van der Waals surface area contributed by atoms with E-state index in [2.05, 4.69) is 14.9 Å². The summed E-state index contributed by atoms with van der Waals surface area (Å²) < 4.78 is 56.7. The molecule has 0 amide bonds. The van der Waals surface area contributed by atoms with Gasteiger partial charge in [-0.25, -0.2) is 4.98 Å². The van der Waals surface area contributed by atoms with E-state index in [1.54, 1.807) is 4.57 Å². The van der Waals surface area contributed by atoms with Gasteiger partial charge < -0.3 is 29.2 Å². The molecule has 1 saturated heterocycles. The van der Waals surface area contributed by atoms with Gasteiger partial charge in [0, 0.05) is 49.0 Å². The van der Waals surface area contributed by atoms with Gasteiger partial charge in [0.25, 0.3) is 0 Å². The van der Waals surface area contributed by atoms with Gasteiger partial charge in [0.15, 0.2) is 0 Å². The lowest BCUT2D eigenvalue weighted by Gasteiger charge is -2.33. The number of hydrogen-bond donors (Lipinski definition) is 0. The molecule has 39 heavy (non-hydrogen) atoms. The van der Waals surface area contributed by atoms with Crippen LogP contribution in [-0.4, -0.2) is 51.9 Å². The quantitative estimate of drug-likeness (QED) is 0.269. The van der Waals surface area contributed by atoms with Gasteiger partial charge >= 0.3 is 18.0 Å². The molecule has 2 aromatic heterocycles. The second kappa shape index (κ2) is 11.4. The fourth-order valence-electron chi connectivity index (χ4n) is 4.72. The Kier molecular flexibility index (Phi) is 7.75. The molecule has 0 bridgehead atoms. The first kappa shape index (κ1) is 26.6. The molecule has 0 spiro atoms. The summed E-state index contributed by atoms with van der Waals surface area (Å²) in [5.41, 5.74) is 0.318. The molecule has 3 aromatic rings. The van der Waals surface area contributed by atoms with Crippen molar-refractivity contribution in [2.24, 2.45) is 5.92 Å². The lowest BCUT2D eigenvalue weighted by atomic mass is 9.93. The fourth-order valence-corrected chi connectivity index (χ4v) is 4.72. The van der Waals surface area contributed by atoms with E-state index in [9.17, 15) is 23.3 Å². The molecule has 10 nitrogen and oxygen atoms in total. The number of rotatable bonds is 9.